The van der Waals surface area contributed by atoms with Crippen molar-refractivity contribution in [2.24, 2.45) is 5.73 Å². The molecule has 0 saturated heterocycles. The lowest BCUT2D eigenvalue weighted by atomic mass is 10.1. The Hall–Kier alpha value is -1.70. The molecule has 0 radical (unpaired) electrons. The van der Waals surface area contributed by atoms with Gasteiger partial charge < -0.3 is 5.73 Å². The van der Waals surface area contributed by atoms with Crippen molar-refractivity contribution >= 4 is 10.0 Å². The molecular formula is C15H22N4O2S. The summed E-state index contributed by atoms with van der Waals surface area (Å²) in [5.74, 6) is 0. The third-order valence-corrected chi connectivity index (χ3v) is 5.29. The first-order chi connectivity index (χ1) is 10.6. The number of nitrogens with zero attached hydrogens (tertiary/aromatic N) is 3. The van der Waals surface area contributed by atoms with Crippen LogP contribution in [0.5, 0.6) is 0 Å². The Balaban J connectivity index is 2.15. The monoisotopic (exact) mass is 322 g/mol. The molecule has 120 valence electrons. The zero-order valence-corrected chi connectivity index (χ0v) is 13.5. The summed E-state index contributed by atoms with van der Waals surface area (Å²) in [6.07, 6.45) is 3.61. The minimum absolute atomic E-state index is 0.218. The van der Waals surface area contributed by atoms with Crippen LogP contribution in [-0.2, 0) is 23.0 Å². The molecule has 0 spiro atoms. The molecule has 6 nitrogen and oxygen atoms in total. The van der Waals surface area contributed by atoms with Crippen molar-refractivity contribution in [1.82, 2.24) is 14.1 Å². The van der Waals surface area contributed by atoms with E-state index in [0.717, 1.165) is 5.56 Å². The SMILES string of the molecule is CCn1cc(S(=O)(=O)N(CCN)CCc2ccccc2)cn1. The van der Waals surface area contributed by atoms with Gasteiger partial charge in [-0.15, -0.1) is 0 Å². The first-order valence-electron chi connectivity index (χ1n) is 7.34. The summed E-state index contributed by atoms with van der Waals surface area (Å²) >= 11 is 0. The van der Waals surface area contributed by atoms with Crippen molar-refractivity contribution in [3.63, 3.8) is 0 Å². The zero-order valence-electron chi connectivity index (χ0n) is 12.7. The van der Waals surface area contributed by atoms with E-state index in [9.17, 15) is 8.42 Å². The lowest BCUT2D eigenvalue weighted by Crippen LogP contribution is -2.36. The van der Waals surface area contributed by atoms with Crippen LogP contribution < -0.4 is 5.73 Å². The van der Waals surface area contributed by atoms with E-state index in [-0.39, 0.29) is 11.4 Å². The van der Waals surface area contributed by atoms with Crippen LogP contribution in [0.3, 0.4) is 0 Å². The molecule has 1 aromatic heterocycles. The maximum absolute atomic E-state index is 12.7. The molecule has 2 N–H and O–H groups in total. The van der Waals surface area contributed by atoms with Crippen LogP contribution in [0.1, 0.15) is 12.5 Å². The minimum Gasteiger partial charge on any atom is -0.329 e. The molecule has 2 rings (SSSR count). The van der Waals surface area contributed by atoms with E-state index in [0.29, 0.717) is 26.1 Å². The molecule has 0 atom stereocenters. The number of rotatable bonds is 8. The van der Waals surface area contributed by atoms with Gasteiger partial charge in [0.2, 0.25) is 10.0 Å². The summed E-state index contributed by atoms with van der Waals surface area (Å²) in [6, 6.07) is 9.81. The smallest absolute Gasteiger partial charge is 0.246 e. The van der Waals surface area contributed by atoms with E-state index in [1.807, 2.05) is 37.3 Å². The number of aryl methyl sites for hydroxylation is 1. The number of hydrogen-bond donors (Lipinski definition) is 1. The Morgan fingerprint density at radius 2 is 1.95 bits per heavy atom. The van der Waals surface area contributed by atoms with Crippen molar-refractivity contribution in [2.45, 2.75) is 24.8 Å². The lowest BCUT2D eigenvalue weighted by molar-refractivity contribution is 0.421. The molecule has 22 heavy (non-hydrogen) atoms. The molecule has 0 bridgehead atoms. The predicted molar refractivity (Wildman–Crippen MR) is 85.9 cm³/mol. The van der Waals surface area contributed by atoms with Crippen molar-refractivity contribution in [2.75, 3.05) is 19.6 Å². The lowest BCUT2D eigenvalue weighted by Gasteiger charge is -2.20. The van der Waals surface area contributed by atoms with E-state index < -0.39 is 10.0 Å². The van der Waals surface area contributed by atoms with Crippen LogP contribution in [-0.4, -0.2) is 42.1 Å². The second-order valence-corrected chi connectivity index (χ2v) is 6.90. The fourth-order valence-corrected chi connectivity index (χ4v) is 3.61. The van der Waals surface area contributed by atoms with Gasteiger partial charge in [0.05, 0.1) is 6.20 Å². The molecule has 0 unspecified atom stereocenters. The highest BCUT2D eigenvalue weighted by Gasteiger charge is 2.25. The van der Waals surface area contributed by atoms with E-state index in [1.54, 1.807) is 10.9 Å². The van der Waals surface area contributed by atoms with Crippen LogP contribution in [0.25, 0.3) is 0 Å². The molecule has 0 fully saturated rings. The van der Waals surface area contributed by atoms with Gasteiger partial charge in [-0.3, -0.25) is 4.68 Å². The van der Waals surface area contributed by atoms with Crippen LogP contribution in [0, 0.1) is 0 Å². The number of sulfonamides is 1. The van der Waals surface area contributed by atoms with Gasteiger partial charge in [0, 0.05) is 32.4 Å². The van der Waals surface area contributed by atoms with E-state index in [1.165, 1.54) is 10.5 Å². The Labute approximate surface area is 131 Å². The number of aromatic nitrogens is 2. The molecule has 0 aliphatic carbocycles. The van der Waals surface area contributed by atoms with E-state index >= 15 is 0 Å². The number of nitrogens with two attached hydrogens (primary N) is 1. The van der Waals surface area contributed by atoms with Gasteiger partial charge in [-0.1, -0.05) is 30.3 Å². The molecule has 1 heterocycles. The highest BCUT2D eigenvalue weighted by atomic mass is 32.2. The average Bonchev–Trinajstić information content (AvgIpc) is 3.02. The van der Waals surface area contributed by atoms with Crippen LogP contribution >= 0.6 is 0 Å². The maximum atomic E-state index is 12.7. The molecule has 0 aliphatic rings. The molecular weight excluding hydrogens is 300 g/mol. The van der Waals surface area contributed by atoms with E-state index in [2.05, 4.69) is 5.10 Å². The summed E-state index contributed by atoms with van der Waals surface area (Å²) in [5.41, 5.74) is 6.68. The normalized spacial score (nSPS) is 12.0. The maximum Gasteiger partial charge on any atom is 0.246 e. The van der Waals surface area contributed by atoms with Gasteiger partial charge in [-0.05, 0) is 18.9 Å². The second kappa shape index (κ2) is 7.53. The Morgan fingerprint density at radius 3 is 2.55 bits per heavy atom. The quantitative estimate of drug-likeness (QED) is 0.789. The molecule has 2 aromatic rings. The zero-order chi connectivity index (χ0) is 16.0. The summed E-state index contributed by atoms with van der Waals surface area (Å²) < 4.78 is 28.4. The fourth-order valence-electron chi connectivity index (χ4n) is 2.19. The van der Waals surface area contributed by atoms with Crippen molar-refractivity contribution in [3.05, 3.63) is 48.3 Å². The minimum atomic E-state index is -3.55. The van der Waals surface area contributed by atoms with Crippen molar-refractivity contribution in [1.29, 1.82) is 0 Å². The summed E-state index contributed by atoms with van der Waals surface area (Å²) in [7, 11) is -3.55. The van der Waals surface area contributed by atoms with Gasteiger partial charge in [-0.25, -0.2) is 8.42 Å². The standard InChI is InChI=1S/C15H22N4O2S/c1-2-18-13-15(12-17-18)22(20,21)19(11-9-16)10-8-14-6-4-3-5-7-14/h3-7,12-13H,2,8-11,16H2,1H3. The summed E-state index contributed by atoms with van der Waals surface area (Å²) in [6.45, 7) is 3.54. The van der Waals surface area contributed by atoms with Crippen LogP contribution in [0.2, 0.25) is 0 Å². The predicted octanol–water partition coefficient (Wildman–Crippen LogP) is 1.10. The van der Waals surface area contributed by atoms with Gasteiger partial charge in [-0.2, -0.15) is 9.40 Å². The van der Waals surface area contributed by atoms with Gasteiger partial charge in [0.1, 0.15) is 4.90 Å². The molecule has 0 amide bonds. The third-order valence-electron chi connectivity index (χ3n) is 3.44. The van der Waals surface area contributed by atoms with Crippen LogP contribution in [0.15, 0.2) is 47.6 Å². The largest absolute Gasteiger partial charge is 0.329 e. The average molecular weight is 322 g/mol. The van der Waals surface area contributed by atoms with Gasteiger partial charge in [0.25, 0.3) is 0 Å². The van der Waals surface area contributed by atoms with E-state index in [4.69, 9.17) is 5.73 Å². The Kier molecular flexibility index (Phi) is 5.70. The van der Waals surface area contributed by atoms with Gasteiger partial charge >= 0.3 is 0 Å². The second-order valence-electron chi connectivity index (χ2n) is 4.96. The van der Waals surface area contributed by atoms with Crippen molar-refractivity contribution in [3.8, 4) is 0 Å². The molecule has 1 aromatic carbocycles. The first-order valence-corrected chi connectivity index (χ1v) is 8.78. The number of hydrogen-bond acceptors (Lipinski definition) is 4. The highest BCUT2D eigenvalue weighted by molar-refractivity contribution is 7.89. The third kappa shape index (κ3) is 3.94. The first kappa shape index (κ1) is 16.7. The molecule has 0 saturated carbocycles. The van der Waals surface area contributed by atoms with Crippen LogP contribution in [0.4, 0.5) is 0 Å². The Morgan fingerprint density at radius 1 is 1.23 bits per heavy atom. The highest BCUT2D eigenvalue weighted by Crippen LogP contribution is 2.15. The Bertz CT molecular complexity index is 683. The summed E-state index contributed by atoms with van der Waals surface area (Å²) in [5, 5.41) is 4.04. The fraction of sp³-hybridized carbons (Fsp3) is 0.400. The topological polar surface area (TPSA) is 81.2 Å². The molecule has 7 heteroatoms. The van der Waals surface area contributed by atoms with Gasteiger partial charge in [0.15, 0.2) is 0 Å². The van der Waals surface area contributed by atoms with Crippen molar-refractivity contribution < 1.29 is 8.42 Å². The summed E-state index contributed by atoms with van der Waals surface area (Å²) in [4.78, 5) is 0.218. The number of benzene rings is 1. The molecule has 0 aliphatic heterocycles.